The lowest BCUT2D eigenvalue weighted by Gasteiger charge is -2.22. The molecule has 6 nitrogen and oxygen atoms in total. The van der Waals surface area contributed by atoms with Crippen molar-refractivity contribution in [3.63, 3.8) is 0 Å². The van der Waals surface area contributed by atoms with E-state index in [1.54, 1.807) is 0 Å². The van der Waals surface area contributed by atoms with Gasteiger partial charge in [-0.05, 0) is 18.1 Å². The van der Waals surface area contributed by atoms with E-state index in [2.05, 4.69) is 14.7 Å². The summed E-state index contributed by atoms with van der Waals surface area (Å²) in [6.07, 6.45) is 4.31. The molecule has 0 unspecified atom stereocenters. The Hall–Kier alpha value is -2.76. The number of rotatable bonds is 5. The highest BCUT2D eigenvalue weighted by Gasteiger charge is 2.21. The van der Waals surface area contributed by atoms with Gasteiger partial charge in [0.1, 0.15) is 12.2 Å². The third kappa shape index (κ3) is 3.88. The maximum Gasteiger partial charge on any atom is 0.325 e. The highest BCUT2D eigenvalue weighted by atomic mass is 16.5. The summed E-state index contributed by atoms with van der Waals surface area (Å²) in [5.74, 6) is -0.840. The molecule has 0 spiro atoms. The molecule has 0 fully saturated rings. The summed E-state index contributed by atoms with van der Waals surface area (Å²) in [6, 6.07) is 7.70. The number of hydrogen-bond acceptors (Lipinski definition) is 5. The van der Waals surface area contributed by atoms with Crippen LogP contribution in [0.3, 0.4) is 0 Å². The molecule has 22 heavy (non-hydrogen) atoms. The van der Waals surface area contributed by atoms with E-state index in [4.69, 9.17) is 0 Å². The van der Waals surface area contributed by atoms with Crippen LogP contribution in [0.4, 0.5) is 0 Å². The van der Waals surface area contributed by atoms with Gasteiger partial charge in [0.25, 0.3) is 5.91 Å². The molecular weight excluding hydrogens is 282 g/mol. The van der Waals surface area contributed by atoms with Crippen molar-refractivity contribution < 1.29 is 14.3 Å². The van der Waals surface area contributed by atoms with Gasteiger partial charge in [-0.3, -0.25) is 14.6 Å². The molecule has 0 radical (unpaired) electrons. The summed E-state index contributed by atoms with van der Waals surface area (Å²) in [5, 5.41) is 0. The van der Waals surface area contributed by atoms with Crippen molar-refractivity contribution in [2.45, 2.75) is 13.5 Å². The fourth-order valence-corrected chi connectivity index (χ4v) is 1.98. The predicted octanol–water partition coefficient (Wildman–Crippen LogP) is 1.60. The van der Waals surface area contributed by atoms with Gasteiger partial charge in [-0.15, -0.1) is 0 Å². The number of carbonyl (C=O) groups excluding carboxylic acids is 2. The van der Waals surface area contributed by atoms with E-state index in [1.807, 2.05) is 31.2 Å². The second-order valence-corrected chi connectivity index (χ2v) is 4.75. The monoisotopic (exact) mass is 299 g/mol. The number of esters is 1. The molecule has 0 bridgehead atoms. The number of aromatic nitrogens is 2. The summed E-state index contributed by atoms with van der Waals surface area (Å²) in [5.41, 5.74) is 2.20. The van der Waals surface area contributed by atoms with Crippen LogP contribution in [0.15, 0.2) is 42.9 Å². The molecule has 1 aromatic heterocycles. The Bertz CT molecular complexity index is 659. The molecule has 0 N–H and O–H groups in total. The number of benzene rings is 1. The normalized spacial score (nSPS) is 10.1. The van der Waals surface area contributed by atoms with E-state index in [1.165, 1.54) is 30.6 Å². The smallest absolute Gasteiger partial charge is 0.325 e. The molecule has 0 saturated heterocycles. The Morgan fingerprint density at radius 1 is 1.23 bits per heavy atom. The molecule has 0 saturated carbocycles. The summed E-state index contributed by atoms with van der Waals surface area (Å²) < 4.78 is 4.67. The SMILES string of the molecule is COC(=O)CN(Cc1ccccc1C)C(=O)c1cnccn1. The van der Waals surface area contributed by atoms with Gasteiger partial charge in [-0.25, -0.2) is 4.98 Å². The molecule has 1 amide bonds. The number of carbonyl (C=O) groups is 2. The van der Waals surface area contributed by atoms with Crippen molar-refractivity contribution in [2.75, 3.05) is 13.7 Å². The molecule has 2 aromatic rings. The Labute approximate surface area is 128 Å². The van der Waals surface area contributed by atoms with Crippen LogP contribution in [0.5, 0.6) is 0 Å². The Morgan fingerprint density at radius 2 is 2.00 bits per heavy atom. The largest absolute Gasteiger partial charge is 0.468 e. The number of methoxy groups -OCH3 is 1. The average molecular weight is 299 g/mol. The quantitative estimate of drug-likeness (QED) is 0.784. The average Bonchev–Trinajstić information content (AvgIpc) is 2.56. The standard InChI is InChI=1S/C16H17N3O3/c1-12-5-3-4-6-13(12)10-19(11-15(20)22-2)16(21)14-9-17-7-8-18-14/h3-9H,10-11H2,1-2H3. The summed E-state index contributed by atoms with van der Waals surface area (Å²) >= 11 is 0. The number of aryl methyl sites for hydroxylation is 1. The lowest BCUT2D eigenvalue weighted by atomic mass is 10.1. The Morgan fingerprint density at radius 3 is 2.64 bits per heavy atom. The van der Waals surface area contributed by atoms with E-state index in [9.17, 15) is 9.59 Å². The van der Waals surface area contributed by atoms with Crippen LogP contribution in [-0.4, -0.2) is 40.4 Å². The van der Waals surface area contributed by atoms with Gasteiger partial charge >= 0.3 is 5.97 Å². The fraction of sp³-hybridized carbons (Fsp3) is 0.250. The minimum absolute atomic E-state index is 0.139. The van der Waals surface area contributed by atoms with Crippen LogP contribution in [0.1, 0.15) is 21.6 Å². The predicted molar refractivity (Wildman–Crippen MR) is 80.0 cm³/mol. The topological polar surface area (TPSA) is 72.4 Å². The Kier molecular flexibility index (Phi) is 5.19. The first-order valence-electron chi connectivity index (χ1n) is 6.78. The zero-order chi connectivity index (χ0) is 15.9. The molecule has 0 aliphatic heterocycles. The van der Waals surface area contributed by atoms with Crippen LogP contribution in [-0.2, 0) is 16.1 Å². The lowest BCUT2D eigenvalue weighted by molar-refractivity contribution is -0.141. The minimum atomic E-state index is -0.481. The maximum absolute atomic E-state index is 12.5. The molecule has 6 heteroatoms. The molecule has 2 rings (SSSR count). The van der Waals surface area contributed by atoms with E-state index >= 15 is 0 Å². The number of ether oxygens (including phenoxy) is 1. The first kappa shape index (κ1) is 15.6. The van der Waals surface area contributed by atoms with E-state index < -0.39 is 5.97 Å². The maximum atomic E-state index is 12.5. The van der Waals surface area contributed by atoms with Gasteiger partial charge in [-0.1, -0.05) is 24.3 Å². The minimum Gasteiger partial charge on any atom is -0.468 e. The van der Waals surface area contributed by atoms with Crippen LogP contribution >= 0.6 is 0 Å². The van der Waals surface area contributed by atoms with Crippen LogP contribution in [0, 0.1) is 6.92 Å². The highest BCUT2D eigenvalue weighted by molar-refractivity contribution is 5.94. The molecule has 114 valence electrons. The third-order valence-electron chi connectivity index (χ3n) is 3.24. The van der Waals surface area contributed by atoms with Crippen molar-refractivity contribution >= 4 is 11.9 Å². The second kappa shape index (κ2) is 7.31. The van der Waals surface area contributed by atoms with Gasteiger partial charge in [0.2, 0.25) is 0 Å². The van der Waals surface area contributed by atoms with Crippen molar-refractivity contribution in [2.24, 2.45) is 0 Å². The first-order valence-corrected chi connectivity index (χ1v) is 6.78. The van der Waals surface area contributed by atoms with E-state index in [0.717, 1.165) is 11.1 Å². The van der Waals surface area contributed by atoms with E-state index in [0.29, 0.717) is 6.54 Å². The zero-order valence-corrected chi connectivity index (χ0v) is 12.5. The van der Waals surface area contributed by atoms with Crippen molar-refractivity contribution in [3.8, 4) is 0 Å². The summed E-state index contributed by atoms with van der Waals surface area (Å²) in [4.78, 5) is 33.4. The Balaban J connectivity index is 2.25. The first-order chi connectivity index (χ1) is 10.6. The molecule has 1 heterocycles. The summed E-state index contributed by atoms with van der Waals surface area (Å²) in [6.45, 7) is 2.12. The number of amides is 1. The number of hydrogen-bond donors (Lipinski definition) is 0. The molecule has 0 aliphatic carbocycles. The van der Waals surface area contributed by atoms with Gasteiger partial charge in [0.15, 0.2) is 0 Å². The van der Waals surface area contributed by atoms with E-state index in [-0.39, 0.29) is 18.1 Å². The lowest BCUT2D eigenvalue weighted by Crippen LogP contribution is -2.36. The van der Waals surface area contributed by atoms with Gasteiger partial charge in [-0.2, -0.15) is 0 Å². The van der Waals surface area contributed by atoms with Gasteiger partial charge in [0, 0.05) is 18.9 Å². The summed E-state index contributed by atoms with van der Waals surface area (Å²) in [7, 11) is 1.29. The van der Waals surface area contributed by atoms with Crippen LogP contribution in [0.25, 0.3) is 0 Å². The zero-order valence-electron chi connectivity index (χ0n) is 12.5. The van der Waals surface area contributed by atoms with Crippen molar-refractivity contribution in [1.29, 1.82) is 0 Å². The van der Waals surface area contributed by atoms with Gasteiger partial charge < -0.3 is 9.64 Å². The highest BCUT2D eigenvalue weighted by Crippen LogP contribution is 2.12. The van der Waals surface area contributed by atoms with Gasteiger partial charge in [0.05, 0.1) is 13.3 Å². The molecular formula is C16H17N3O3. The molecule has 0 atom stereocenters. The number of nitrogens with zero attached hydrogens (tertiary/aromatic N) is 3. The molecule has 0 aliphatic rings. The van der Waals surface area contributed by atoms with Crippen LogP contribution < -0.4 is 0 Å². The third-order valence-corrected chi connectivity index (χ3v) is 3.24. The van der Waals surface area contributed by atoms with Crippen LogP contribution in [0.2, 0.25) is 0 Å². The molecule has 1 aromatic carbocycles. The van der Waals surface area contributed by atoms with Crippen molar-refractivity contribution in [3.05, 3.63) is 59.7 Å². The van der Waals surface area contributed by atoms with Crippen molar-refractivity contribution in [1.82, 2.24) is 14.9 Å². The second-order valence-electron chi connectivity index (χ2n) is 4.75. The fourth-order valence-electron chi connectivity index (χ4n) is 1.98.